The minimum absolute atomic E-state index is 0.974. The predicted molar refractivity (Wildman–Crippen MR) is 118 cm³/mol. The van der Waals surface area contributed by atoms with Gasteiger partial charge in [0, 0.05) is 18.7 Å². The van der Waals surface area contributed by atoms with Crippen LogP contribution in [-0.2, 0) is 0 Å². The van der Waals surface area contributed by atoms with Crippen molar-refractivity contribution in [2.45, 2.75) is 27.7 Å². The summed E-state index contributed by atoms with van der Waals surface area (Å²) in [6.45, 7) is 10.7. The molecule has 0 radical (unpaired) electrons. The smallest absolute Gasteiger partial charge is 0.0525 e. The van der Waals surface area contributed by atoms with Crippen molar-refractivity contribution in [3.8, 4) is 0 Å². The van der Waals surface area contributed by atoms with Crippen LogP contribution in [0.5, 0.6) is 0 Å². The van der Waals surface area contributed by atoms with Crippen molar-refractivity contribution < 1.29 is 0 Å². The van der Waals surface area contributed by atoms with E-state index < -0.39 is 0 Å². The van der Waals surface area contributed by atoms with E-state index in [4.69, 9.17) is 0 Å². The summed E-state index contributed by atoms with van der Waals surface area (Å²) in [6, 6.07) is 28.6. The maximum Gasteiger partial charge on any atom is 0.0525 e. The maximum absolute atomic E-state index is 2.46. The molecule has 3 rings (SSSR count). The summed E-state index contributed by atoms with van der Waals surface area (Å²) < 4.78 is 0. The van der Waals surface area contributed by atoms with Gasteiger partial charge in [-0.1, -0.05) is 90.0 Å². The van der Waals surface area contributed by atoms with Crippen molar-refractivity contribution in [2.75, 3.05) is 13.1 Å². The van der Waals surface area contributed by atoms with Crippen LogP contribution < -0.4 is 0 Å². The molecule has 3 aromatic carbocycles. The summed E-state index contributed by atoms with van der Waals surface area (Å²) in [6.07, 6.45) is 0. The van der Waals surface area contributed by atoms with E-state index in [1.54, 1.807) is 0 Å². The van der Waals surface area contributed by atoms with Gasteiger partial charge in [-0.25, -0.2) is 0 Å². The summed E-state index contributed by atoms with van der Waals surface area (Å²) in [5.74, 6) is 0. The molecule has 0 unspecified atom stereocenters. The molecule has 0 fully saturated rings. The van der Waals surface area contributed by atoms with Crippen molar-refractivity contribution >= 4 is 11.3 Å². The SMILES string of the molecule is CCN(CC)C(=C(c1ccc(C)cc1)c1ccc(C)cc1)c1ccccc1. The number of hydrogen-bond acceptors (Lipinski definition) is 1. The zero-order chi connectivity index (χ0) is 19.2. The monoisotopic (exact) mass is 355 g/mol. The molecule has 27 heavy (non-hydrogen) atoms. The van der Waals surface area contributed by atoms with Gasteiger partial charge in [-0.05, 0) is 44.4 Å². The van der Waals surface area contributed by atoms with Gasteiger partial charge in [0.25, 0.3) is 0 Å². The molecule has 0 saturated heterocycles. The second-order valence-electron chi connectivity index (χ2n) is 6.99. The van der Waals surface area contributed by atoms with Gasteiger partial charge < -0.3 is 4.90 Å². The molecule has 0 aliphatic rings. The third-order valence-corrected chi connectivity index (χ3v) is 5.04. The van der Waals surface area contributed by atoms with Crippen LogP contribution in [0.4, 0.5) is 0 Å². The minimum Gasteiger partial charge on any atom is -0.371 e. The standard InChI is InChI=1S/C26H29N/c1-5-27(6-2)26(24-10-8-7-9-11-24)25(22-16-12-20(3)13-17-22)23-18-14-21(4)15-19-23/h7-19H,5-6H2,1-4H3. The van der Waals surface area contributed by atoms with E-state index in [9.17, 15) is 0 Å². The van der Waals surface area contributed by atoms with Gasteiger partial charge in [0.1, 0.15) is 0 Å². The number of rotatable bonds is 6. The Bertz CT molecular complexity index is 836. The normalized spacial score (nSPS) is 10.5. The van der Waals surface area contributed by atoms with E-state index in [0.717, 1.165) is 13.1 Å². The third kappa shape index (κ3) is 4.31. The number of benzene rings is 3. The second-order valence-corrected chi connectivity index (χ2v) is 6.99. The van der Waals surface area contributed by atoms with Crippen LogP contribution in [-0.4, -0.2) is 18.0 Å². The fraction of sp³-hybridized carbons (Fsp3) is 0.231. The Morgan fingerprint density at radius 2 is 1.04 bits per heavy atom. The van der Waals surface area contributed by atoms with Crippen LogP contribution in [0.25, 0.3) is 11.3 Å². The van der Waals surface area contributed by atoms with Crippen LogP contribution >= 0.6 is 0 Å². The molecule has 0 amide bonds. The van der Waals surface area contributed by atoms with E-state index in [1.807, 2.05) is 0 Å². The molecule has 0 aliphatic carbocycles. The first-order chi connectivity index (χ1) is 13.1. The van der Waals surface area contributed by atoms with Crippen molar-refractivity contribution in [3.05, 3.63) is 107 Å². The highest BCUT2D eigenvalue weighted by atomic mass is 15.1. The summed E-state index contributed by atoms with van der Waals surface area (Å²) in [5.41, 5.74) is 8.94. The Hall–Kier alpha value is -2.80. The average Bonchev–Trinajstić information content (AvgIpc) is 2.71. The minimum atomic E-state index is 0.974. The van der Waals surface area contributed by atoms with Crippen LogP contribution in [0.15, 0.2) is 78.9 Å². The molecule has 0 aromatic heterocycles. The van der Waals surface area contributed by atoms with E-state index in [0.29, 0.717) is 0 Å². The van der Waals surface area contributed by atoms with Gasteiger partial charge >= 0.3 is 0 Å². The molecule has 0 aliphatic heterocycles. The topological polar surface area (TPSA) is 3.24 Å². The third-order valence-electron chi connectivity index (χ3n) is 5.04. The Labute approximate surface area is 164 Å². The maximum atomic E-state index is 2.46. The quantitative estimate of drug-likeness (QED) is 0.452. The molecule has 0 heterocycles. The Kier molecular flexibility index (Phi) is 6.13. The lowest BCUT2D eigenvalue weighted by Gasteiger charge is -2.29. The van der Waals surface area contributed by atoms with Crippen molar-refractivity contribution in [2.24, 2.45) is 0 Å². The molecule has 0 N–H and O–H groups in total. The van der Waals surface area contributed by atoms with Crippen LogP contribution in [0.1, 0.15) is 41.7 Å². The van der Waals surface area contributed by atoms with E-state index in [2.05, 4.69) is 111 Å². The number of hydrogen-bond donors (Lipinski definition) is 0. The highest BCUT2D eigenvalue weighted by Gasteiger charge is 2.18. The zero-order valence-electron chi connectivity index (χ0n) is 16.9. The summed E-state index contributed by atoms with van der Waals surface area (Å²) >= 11 is 0. The van der Waals surface area contributed by atoms with E-state index in [-0.39, 0.29) is 0 Å². The van der Waals surface area contributed by atoms with Crippen LogP contribution in [0.3, 0.4) is 0 Å². The fourth-order valence-corrected chi connectivity index (χ4v) is 3.50. The molecule has 0 spiro atoms. The molecule has 1 heteroatoms. The van der Waals surface area contributed by atoms with Crippen molar-refractivity contribution in [1.82, 2.24) is 4.90 Å². The van der Waals surface area contributed by atoms with Gasteiger partial charge in [-0.15, -0.1) is 0 Å². The number of aryl methyl sites for hydroxylation is 2. The molecule has 0 atom stereocenters. The van der Waals surface area contributed by atoms with Gasteiger partial charge in [0.2, 0.25) is 0 Å². The first-order valence-corrected chi connectivity index (χ1v) is 9.82. The summed E-state index contributed by atoms with van der Waals surface area (Å²) in [4.78, 5) is 2.46. The Morgan fingerprint density at radius 1 is 0.593 bits per heavy atom. The van der Waals surface area contributed by atoms with E-state index >= 15 is 0 Å². The summed E-state index contributed by atoms with van der Waals surface area (Å²) in [5, 5.41) is 0. The lowest BCUT2D eigenvalue weighted by atomic mass is 9.91. The van der Waals surface area contributed by atoms with Crippen LogP contribution in [0.2, 0.25) is 0 Å². The lowest BCUT2D eigenvalue weighted by molar-refractivity contribution is 0.443. The molecule has 0 bridgehead atoms. The Balaban J connectivity index is 2.34. The lowest BCUT2D eigenvalue weighted by Crippen LogP contribution is -2.22. The highest BCUT2D eigenvalue weighted by Crippen LogP contribution is 2.34. The molecular weight excluding hydrogens is 326 g/mol. The molecule has 0 saturated carbocycles. The van der Waals surface area contributed by atoms with Crippen LogP contribution in [0, 0.1) is 13.8 Å². The fourth-order valence-electron chi connectivity index (χ4n) is 3.50. The van der Waals surface area contributed by atoms with Gasteiger partial charge in [-0.2, -0.15) is 0 Å². The first kappa shape index (κ1) is 19.0. The zero-order valence-corrected chi connectivity index (χ0v) is 16.9. The van der Waals surface area contributed by atoms with Gasteiger partial charge in [-0.3, -0.25) is 0 Å². The van der Waals surface area contributed by atoms with Crippen molar-refractivity contribution in [1.29, 1.82) is 0 Å². The van der Waals surface area contributed by atoms with Gasteiger partial charge in [0.05, 0.1) is 5.70 Å². The first-order valence-electron chi connectivity index (χ1n) is 9.82. The average molecular weight is 356 g/mol. The van der Waals surface area contributed by atoms with Gasteiger partial charge in [0.15, 0.2) is 0 Å². The van der Waals surface area contributed by atoms with E-state index in [1.165, 1.54) is 39.1 Å². The molecule has 1 nitrogen and oxygen atoms in total. The summed E-state index contributed by atoms with van der Waals surface area (Å²) in [7, 11) is 0. The number of nitrogens with zero attached hydrogens (tertiary/aromatic N) is 1. The molecular formula is C26H29N. The van der Waals surface area contributed by atoms with Crippen molar-refractivity contribution in [3.63, 3.8) is 0 Å². The highest BCUT2D eigenvalue weighted by molar-refractivity contribution is 5.98. The predicted octanol–water partition coefficient (Wildman–Crippen LogP) is 6.56. The molecule has 138 valence electrons. The second kappa shape index (κ2) is 8.73. The Morgan fingerprint density at radius 3 is 1.44 bits per heavy atom. The molecule has 3 aromatic rings. The largest absolute Gasteiger partial charge is 0.371 e.